The van der Waals surface area contributed by atoms with Gasteiger partial charge in [-0.25, -0.2) is 13.1 Å². The van der Waals surface area contributed by atoms with Crippen molar-refractivity contribution in [1.82, 2.24) is 9.78 Å². The number of rotatable bonds is 7. The van der Waals surface area contributed by atoms with Crippen LogP contribution in [0.1, 0.15) is 28.5 Å². The number of carbonyl (C=O) groups excluding carboxylic acids is 2. The van der Waals surface area contributed by atoms with E-state index in [1.807, 2.05) is 18.2 Å². The van der Waals surface area contributed by atoms with Crippen molar-refractivity contribution in [2.75, 3.05) is 28.7 Å². The summed E-state index contributed by atoms with van der Waals surface area (Å²) in [7, 11) is -3.10. The summed E-state index contributed by atoms with van der Waals surface area (Å²) in [5, 5.41) is 9.88. The Hall–Kier alpha value is -3.66. The number of nitrogens with zero attached hydrogens (tertiary/aromatic N) is 2. The van der Waals surface area contributed by atoms with Crippen LogP contribution >= 0.6 is 0 Å². The van der Waals surface area contributed by atoms with Crippen molar-refractivity contribution in [2.24, 2.45) is 0 Å². The van der Waals surface area contributed by atoms with Crippen LogP contribution in [0.15, 0.2) is 60.7 Å². The van der Waals surface area contributed by atoms with Gasteiger partial charge >= 0.3 is 0 Å². The van der Waals surface area contributed by atoms with Gasteiger partial charge in [0.1, 0.15) is 11.6 Å². The van der Waals surface area contributed by atoms with Gasteiger partial charge in [-0.05, 0) is 37.6 Å². The molecule has 1 aliphatic heterocycles. The summed E-state index contributed by atoms with van der Waals surface area (Å²) in [6, 6.07) is 17.1. The fourth-order valence-corrected chi connectivity index (χ4v) is 5.37. The summed E-state index contributed by atoms with van der Waals surface area (Å²) in [6.45, 7) is 1.44. The average molecular weight is 469 g/mol. The Morgan fingerprint density at radius 3 is 2.55 bits per heavy atom. The molecule has 1 unspecified atom stereocenters. The Kier molecular flexibility index (Phi) is 6.45. The molecule has 2 N–H and O–H groups in total. The predicted molar refractivity (Wildman–Crippen MR) is 124 cm³/mol. The van der Waals surface area contributed by atoms with E-state index in [0.29, 0.717) is 29.2 Å². The number of hydrogen-bond acceptors (Lipinski definition) is 6. The smallest absolute Gasteiger partial charge is 0.263 e. The lowest BCUT2D eigenvalue weighted by molar-refractivity contribution is -0.118. The number of sulfone groups is 1. The average Bonchev–Trinajstić information content (AvgIpc) is 3.34. The van der Waals surface area contributed by atoms with E-state index in [4.69, 9.17) is 4.74 Å². The van der Waals surface area contributed by atoms with Crippen molar-refractivity contribution in [3.05, 3.63) is 71.9 Å². The van der Waals surface area contributed by atoms with E-state index in [-0.39, 0.29) is 35.8 Å². The van der Waals surface area contributed by atoms with E-state index in [1.54, 1.807) is 54.1 Å². The van der Waals surface area contributed by atoms with Gasteiger partial charge in [0.2, 0.25) is 0 Å². The Morgan fingerprint density at radius 1 is 1.09 bits per heavy atom. The van der Waals surface area contributed by atoms with Gasteiger partial charge in [-0.3, -0.25) is 9.59 Å². The lowest BCUT2D eigenvalue weighted by atomic mass is 10.2. The minimum absolute atomic E-state index is 0.00259. The highest BCUT2D eigenvalue weighted by Crippen LogP contribution is 2.27. The summed E-state index contributed by atoms with van der Waals surface area (Å²) in [5.41, 5.74) is 1.61. The van der Waals surface area contributed by atoms with Gasteiger partial charge in [0.25, 0.3) is 11.8 Å². The third kappa shape index (κ3) is 5.58. The number of ether oxygens (including phenoxy) is 1. The molecular weight excluding hydrogens is 444 g/mol. The highest BCUT2D eigenvalue weighted by Gasteiger charge is 2.31. The van der Waals surface area contributed by atoms with Gasteiger partial charge in [-0.2, -0.15) is 5.10 Å². The number of aromatic nitrogens is 2. The first-order valence-corrected chi connectivity index (χ1v) is 12.3. The topological polar surface area (TPSA) is 119 Å². The molecule has 10 heteroatoms. The summed E-state index contributed by atoms with van der Waals surface area (Å²) in [4.78, 5) is 25.2. The van der Waals surface area contributed by atoms with E-state index in [1.165, 1.54) is 0 Å². The van der Waals surface area contributed by atoms with Crippen molar-refractivity contribution in [2.45, 2.75) is 19.4 Å². The molecule has 4 rings (SSSR count). The lowest BCUT2D eigenvalue weighted by Gasteiger charge is -2.15. The monoisotopic (exact) mass is 468 g/mol. The van der Waals surface area contributed by atoms with Crippen molar-refractivity contribution in [1.29, 1.82) is 0 Å². The highest BCUT2D eigenvalue weighted by molar-refractivity contribution is 7.91. The standard InChI is InChI=1S/C23H24N4O5S/c1-16-13-21(27(26-16)18-11-12-33(30,31)15-18)25-22(28)14-32-20-10-6-5-9-19(20)23(29)24-17-7-3-2-4-8-17/h2-10,13,18H,11-12,14-15H2,1H3,(H,24,29)(H,25,28). The van der Waals surface area contributed by atoms with Gasteiger partial charge in [-0.1, -0.05) is 30.3 Å². The second-order valence-corrected chi connectivity index (χ2v) is 10.1. The van der Waals surface area contributed by atoms with E-state index in [0.717, 1.165) is 0 Å². The summed E-state index contributed by atoms with van der Waals surface area (Å²) < 4.78 is 30.9. The van der Waals surface area contributed by atoms with Crippen LogP contribution in [-0.4, -0.2) is 48.1 Å². The zero-order valence-corrected chi connectivity index (χ0v) is 18.8. The Labute approximate surface area is 191 Å². The number of anilines is 2. The van der Waals surface area contributed by atoms with Crippen molar-refractivity contribution < 1.29 is 22.7 Å². The number of carbonyl (C=O) groups is 2. The highest BCUT2D eigenvalue weighted by atomic mass is 32.2. The molecule has 0 spiro atoms. The van der Waals surface area contributed by atoms with Gasteiger partial charge in [-0.15, -0.1) is 0 Å². The first-order valence-electron chi connectivity index (χ1n) is 10.5. The first kappa shape index (κ1) is 22.5. The van der Waals surface area contributed by atoms with Crippen LogP contribution in [0.4, 0.5) is 11.5 Å². The Morgan fingerprint density at radius 2 is 1.82 bits per heavy atom. The molecular formula is C23H24N4O5S. The molecule has 0 bridgehead atoms. The first-order chi connectivity index (χ1) is 15.8. The molecule has 2 heterocycles. The normalized spacial score (nSPS) is 16.8. The number of nitrogens with one attached hydrogen (secondary N) is 2. The molecule has 33 heavy (non-hydrogen) atoms. The molecule has 0 aliphatic carbocycles. The molecule has 1 atom stereocenters. The second kappa shape index (κ2) is 9.45. The second-order valence-electron chi connectivity index (χ2n) is 7.83. The molecule has 1 aromatic heterocycles. The van der Waals surface area contributed by atoms with Crippen LogP contribution in [0.25, 0.3) is 0 Å². The third-order valence-electron chi connectivity index (χ3n) is 5.20. The SMILES string of the molecule is Cc1cc(NC(=O)COc2ccccc2C(=O)Nc2ccccc2)n(C2CCS(=O)(=O)C2)n1. The van der Waals surface area contributed by atoms with Crippen LogP contribution in [-0.2, 0) is 14.6 Å². The number of hydrogen-bond donors (Lipinski definition) is 2. The minimum Gasteiger partial charge on any atom is -0.483 e. The fraction of sp³-hybridized carbons (Fsp3) is 0.261. The largest absolute Gasteiger partial charge is 0.483 e. The molecule has 1 saturated heterocycles. The van der Waals surface area contributed by atoms with Crippen molar-refractivity contribution >= 4 is 33.2 Å². The molecule has 2 amide bonds. The number of para-hydroxylation sites is 2. The zero-order valence-electron chi connectivity index (χ0n) is 18.0. The molecule has 0 saturated carbocycles. The molecule has 3 aromatic rings. The lowest BCUT2D eigenvalue weighted by Crippen LogP contribution is -2.24. The minimum atomic E-state index is -3.10. The maximum Gasteiger partial charge on any atom is 0.263 e. The number of amides is 2. The third-order valence-corrected chi connectivity index (χ3v) is 6.95. The molecule has 2 aromatic carbocycles. The fourth-order valence-electron chi connectivity index (χ4n) is 3.68. The van der Waals surface area contributed by atoms with E-state index < -0.39 is 15.7 Å². The Balaban J connectivity index is 1.41. The molecule has 172 valence electrons. The molecule has 0 radical (unpaired) electrons. The number of aryl methyl sites for hydroxylation is 1. The van der Waals surface area contributed by atoms with Gasteiger partial charge in [0.05, 0.1) is 28.8 Å². The van der Waals surface area contributed by atoms with E-state index >= 15 is 0 Å². The van der Waals surface area contributed by atoms with Crippen LogP contribution in [0, 0.1) is 6.92 Å². The van der Waals surface area contributed by atoms with Gasteiger partial charge < -0.3 is 15.4 Å². The van der Waals surface area contributed by atoms with Crippen LogP contribution in [0.5, 0.6) is 5.75 Å². The molecule has 1 aliphatic rings. The van der Waals surface area contributed by atoms with Crippen molar-refractivity contribution in [3.63, 3.8) is 0 Å². The summed E-state index contributed by atoms with van der Waals surface area (Å²) in [6.07, 6.45) is 0.451. The predicted octanol–water partition coefficient (Wildman–Crippen LogP) is 2.82. The van der Waals surface area contributed by atoms with Crippen LogP contribution in [0.2, 0.25) is 0 Å². The van der Waals surface area contributed by atoms with E-state index in [2.05, 4.69) is 15.7 Å². The van der Waals surface area contributed by atoms with E-state index in [9.17, 15) is 18.0 Å². The zero-order chi connectivity index (χ0) is 23.4. The summed E-state index contributed by atoms with van der Waals surface area (Å²) >= 11 is 0. The van der Waals surface area contributed by atoms with Gasteiger partial charge in [0, 0.05) is 11.8 Å². The maximum absolute atomic E-state index is 12.7. The summed E-state index contributed by atoms with van der Waals surface area (Å²) in [5.74, 6) is -0.0127. The number of benzene rings is 2. The quantitative estimate of drug-likeness (QED) is 0.550. The van der Waals surface area contributed by atoms with Crippen LogP contribution < -0.4 is 15.4 Å². The van der Waals surface area contributed by atoms with Crippen LogP contribution in [0.3, 0.4) is 0 Å². The molecule has 1 fully saturated rings. The molecule has 9 nitrogen and oxygen atoms in total. The van der Waals surface area contributed by atoms with Crippen molar-refractivity contribution in [3.8, 4) is 5.75 Å². The van der Waals surface area contributed by atoms with Gasteiger partial charge in [0.15, 0.2) is 16.4 Å². The maximum atomic E-state index is 12.7. The Bertz CT molecular complexity index is 1270.